The van der Waals surface area contributed by atoms with E-state index in [9.17, 15) is 10.1 Å². The van der Waals surface area contributed by atoms with Crippen LogP contribution < -0.4 is 5.32 Å². The summed E-state index contributed by atoms with van der Waals surface area (Å²) in [6.45, 7) is 0.391. The van der Waals surface area contributed by atoms with Crippen LogP contribution in [0.15, 0.2) is 42.7 Å². The van der Waals surface area contributed by atoms with Crippen LogP contribution in [0.1, 0.15) is 11.1 Å². The summed E-state index contributed by atoms with van der Waals surface area (Å²) in [7, 11) is 0. The van der Waals surface area contributed by atoms with E-state index in [-0.39, 0.29) is 5.69 Å². The molecule has 6 heteroatoms. The molecule has 1 aromatic heterocycles. The molecule has 0 aliphatic heterocycles. The van der Waals surface area contributed by atoms with Gasteiger partial charge in [-0.3, -0.25) is 15.1 Å². The molecule has 0 bridgehead atoms. The molecule has 0 atom stereocenters. The first-order valence-corrected chi connectivity index (χ1v) is 5.52. The van der Waals surface area contributed by atoms with Crippen LogP contribution in [0.2, 0.25) is 0 Å². The molecule has 94 valence electrons. The monoisotopic (exact) mass is 254 g/mol. The summed E-state index contributed by atoms with van der Waals surface area (Å²) >= 11 is 0. The summed E-state index contributed by atoms with van der Waals surface area (Å²) in [6, 6.07) is 10.0. The van der Waals surface area contributed by atoms with Crippen LogP contribution in [0.25, 0.3) is 0 Å². The number of non-ortho nitro benzene ring substituents is 1. The van der Waals surface area contributed by atoms with Crippen molar-refractivity contribution in [3.05, 3.63) is 64.0 Å². The van der Waals surface area contributed by atoms with E-state index in [0.717, 1.165) is 5.56 Å². The molecule has 0 saturated heterocycles. The molecule has 2 aromatic rings. The number of nitro groups is 1. The Morgan fingerprint density at radius 2 is 2.26 bits per heavy atom. The van der Waals surface area contributed by atoms with Crippen molar-refractivity contribution in [3.63, 3.8) is 0 Å². The van der Waals surface area contributed by atoms with Gasteiger partial charge >= 0.3 is 0 Å². The fourth-order valence-corrected chi connectivity index (χ4v) is 1.61. The Morgan fingerprint density at radius 1 is 1.42 bits per heavy atom. The van der Waals surface area contributed by atoms with Crippen LogP contribution in [-0.2, 0) is 6.54 Å². The summed E-state index contributed by atoms with van der Waals surface area (Å²) < 4.78 is 0. The van der Waals surface area contributed by atoms with Gasteiger partial charge in [-0.2, -0.15) is 5.26 Å². The SMILES string of the molecule is N#Cc1ccncc1NCc1cccc([N+](=O)[O-])c1. The maximum atomic E-state index is 10.7. The summed E-state index contributed by atoms with van der Waals surface area (Å²) in [6.07, 6.45) is 3.09. The number of nitro benzene ring substituents is 1. The minimum absolute atomic E-state index is 0.0472. The lowest BCUT2D eigenvalue weighted by atomic mass is 10.2. The van der Waals surface area contributed by atoms with Crippen molar-refractivity contribution in [2.75, 3.05) is 5.32 Å². The van der Waals surface area contributed by atoms with E-state index in [1.54, 1.807) is 24.4 Å². The molecule has 0 spiro atoms. The van der Waals surface area contributed by atoms with Gasteiger partial charge in [0.25, 0.3) is 5.69 Å². The summed E-state index contributed by atoms with van der Waals surface area (Å²) in [5.74, 6) is 0. The Balaban J connectivity index is 2.13. The normalized spacial score (nSPS) is 9.63. The highest BCUT2D eigenvalue weighted by Crippen LogP contribution is 2.16. The van der Waals surface area contributed by atoms with Crippen LogP contribution in [0.3, 0.4) is 0 Å². The molecule has 0 aliphatic rings. The molecule has 1 N–H and O–H groups in total. The van der Waals surface area contributed by atoms with Crippen molar-refractivity contribution in [1.82, 2.24) is 4.98 Å². The lowest BCUT2D eigenvalue weighted by molar-refractivity contribution is -0.384. The van der Waals surface area contributed by atoms with E-state index in [1.165, 1.54) is 18.3 Å². The van der Waals surface area contributed by atoms with Crippen molar-refractivity contribution in [2.24, 2.45) is 0 Å². The molecule has 1 heterocycles. The summed E-state index contributed by atoms with van der Waals surface area (Å²) in [4.78, 5) is 14.2. The number of pyridine rings is 1. The van der Waals surface area contributed by atoms with Crippen molar-refractivity contribution in [2.45, 2.75) is 6.54 Å². The van der Waals surface area contributed by atoms with Crippen LogP contribution in [0.4, 0.5) is 11.4 Å². The average molecular weight is 254 g/mol. The second-order valence-electron chi connectivity index (χ2n) is 3.81. The fraction of sp³-hybridized carbons (Fsp3) is 0.0769. The molecule has 19 heavy (non-hydrogen) atoms. The van der Waals surface area contributed by atoms with Gasteiger partial charge in [0.05, 0.1) is 22.4 Å². The van der Waals surface area contributed by atoms with Crippen molar-refractivity contribution in [1.29, 1.82) is 5.26 Å². The molecular formula is C13H10N4O2. The number of hydrogen-bond acceptors (Lipinski definition) is 5. The van der Waals surface area contributed by atoms with Crippen LogP contribution in [-0.4, -0.2) is 9.91 Å². The molecular weight excluding hydrogens is 244 g/mol. The number of hydrogen-bond donors (Lipinski definition) is 1. The lowest BCUT2D eigenvalue weighted by Gasteiger charge is -2.07. The fourth-order valence-electron chi connectivity index (χ4n) is 1.61. The molecule has 0 amide bonds. The first kappa shape index (κ1) is 12.5. The molecule has 0 fully saturated rings. The number of nitrogens with zero attached hydrogens (tertiary/aromatic N) is 3. The zero-order chi connectivity index (χ0) is 13.7. The third kappa shape index (κ3) is 3.04. The van der Waals surface area contributed by atoms with Gasteiger partial charge in [-0.05, 0) is 11.6 Å². The largest absolute Gasteiger partial charge is 0.379 e. The van der Waals surface area contributed by atoms with Gasteiger partial charge in [-0.25, -0.2) is 0 Å². The second kappa shape index (κ2) is 5.60. The molecule has 0 radical (unpaired) electrons. The number of nitriles is 1. The Hall–Kier alpha value is -2.94. The van der Waals surface area contributed by atoms with Gasteiger partial charge in [-0.1, -0.05) is 12.1 Å². The Labute approximate surface area is 109 Å². The first-order chi connectivity index (χ1) is 9.20. The predicted molar refractivity (Wildman–Crippen MR) is 69.4 cm³/mol. The standard InChI is InChI=1S/C13H10N4O2/c14-7-11-4-5-15-9-13(11)16-8-10-2-1-3-12(6-10)17(18)19/h1-6,9,16H,8H2. The van der Waals surface area contributed by atoms with E-state index >= 15 is 0 Å². The predicted octanol–water partition coefficient (Wildman–Crippen LogP) is 2.47. The van der Waals surface area contributed by atoms with Gasteiger partial charge in [0.15, 0.2) is 0 Å². The van der Waals surface area contributed by atoms with Crippen molar-refractivity contribution in [3.8, 4) is 6.07 Å². The zero-order valence-electron chi connectivity index (χ0n) is 9.91. The molecule has 6 nitrogen and oxygen atoms in total. The van der Waals surface area contributed by atoms with Crippen LogP contribution in [0, 0.1) is 21.4 Å². The second-order valence-corrected chi connectivity index (χ2v) is 3.81. The third-order valence-electron chi connectivity index (χ3n) is 2.55. The highest BCUT2D eigenvalue weighted by Gasteiger charge is 2.06. The summed E-state index contributed by atoms with van der Waals surface area (Å²) in [5.41, 5.74) is 1.91. The van der Waals surface area contributed by atoms with E-state index in [0.29, 0.717) is 17.8 Å². The first-order valence-electron chi connectivity index (χ1n) is 5.52. The average Bonchev–Trinajstić information content (AvgIpc) is 2.45. The number of rotatable bonds is 4. The lowest BCUT2D eigenvalue weighted by Crippen LogP contribution is -2.02. The van der Waals surface area contributed by atoms with E-state index in [2.05, 4.69) is 16.4 Å². The Kier molecular flexibility index (Phi) is 3.69. The number of aromatic nitrogens is 1. The topological polar surface area (TPSA) is 91.8 Å². The smallest absolute Gasteiger partial charge is 0.269 e. The third-order valence-corrected chi connectivity index (χ3v) is 2.55. The van der Waals surface area contributed by atoms with Gasteiger partial charge in [0.2, 0.25) is 0 Å². The molecule has 1 aromatic carbocycles. The van der Waals surface area contributed by atoms with E-state index in [4.69, 9.17) is 5.26 Å². The van der Waals surface area contributed by atoms with E-state index in [1.807, 2.05) is 0 Å². The van der Waals surface area contributed by atoms with Gasteiger partial charge < -0.3 is 5.32 Å². The van der Waals surface area contributed by atoms with Crippen LogP contribution in [0.5, 0.6) is 0 Å². The highest BCUT2D eigenvalue weighted by atomic mass is 16.6. The number of anilines is 1. The highest BCUT2D eigenvalue weighted by molar-refractivity contribution is 5.55. The Morgan fingerprint density at radius 3 is 3.00 bits per heavy atom. The molecule has 0 unspecified atom stereocenters. The quantitative estimate of drug-likeness (QED) is 0.668. The number of nitrogens with one attached hydrogen (secondary N) is 1. The molecule has 0 aliphatic carbocycles. The van der Waals surface area contributed by atoms with Gasteiger partial charge in [-0.15, -0.1) is 0 Å². The maximum Gasteiger partial charge on any atom is 0.269 e. The number of benzene rings is 1. The van der Waals surface area contributed by atoms with Crippen molar-refractivity contribution < 1.29 is 4.92 Å². The van der Waals surface area contributed by atoms with E-state index < -0.39 is 4.92 Å². The van der Waals surface area contributed by atoms with Gasteiger partial charge in [0, 0.05) is 24.9 Å². The zero-order valence-corrected chi connectivity index (χ0v) is 9.91. The Bertz CT molecular complexity index is 649. The maximum absolute atomic E-state index is 10.7. The summed E-state index contributed by atoms with van der Waals surface area (Å²) in [5, 5.41) is 22.6. The minimum Gasteiger partial charge on any atom is -0.379 e. The molecule has 0 saturated carbocycles. The van der Waals surface area contributed by atoms with Crippen molar-refractivity contribution >= 4 is 11.4 Å². The molecule has 2 rings (SSSR count). The van der Waals surface area contributed by atoms with Gasteiger partial charge in [0.1, 0.15) is 6.07 Å². The van der Waals surface area contributed by atoms with Crippen LogP contribution >= 0.6 is 0 Å². The minimum atomic E-state index is -0.436.